The third-order valence-corrected chi connectivity index (χ3v) is 4.05. The fourth-order valence-electron chi connectivity index (χ4n) is 1.92. The van der Waals surface area contributed by atoms with Gasteiger partial charge in [-0.2, -0.15) is 0 Å². The molecule has 0 saturated carbocycles. The van der Waals surface area contributed by atoms with Crippen LogP contribution in [0.3, 0.4) is 0 Å². The molecule has 114 valence electrons. The van der Waals surface area contributed by atoms with Gasteiger partial charge in [-0.3, -0.25) is 9.59 Å². The Morgan fingerprint density at radius 1 is 1.09 bits per heavy atom. The number of carbonyl (C=O) groups excluding carboxylic acids is 2. The Bertz CT molecular complexity index is 727. The first-order valence-electron chi connectivity index (χ1n) is 6.37. The summed E-state index contributed by atoms with van der Waals surface area (Å²) in [6.45, 7) is 1.50. The van der Waals surface area contributed by atoms with E-state index < -0.39 is 0 Å². The lowest BCUT2D eigenvalue weighted by Crippen LogP contribution is -2.13. The number of benzene rings is 2. The normalized spacial score (nSPS) is 10.2. The van der Waals surface area contributed by atoms with Crippen LogP contribution in [0.2, 0.25) is 0 Å². The summed E-state index contributed by atoms with van der Waals surface area (Å²) in [5.74, 6) is 0.144. The quantitative estimate of drug-likeness (QED) is 0.722. The number of anilines is 1. The van der Waals surface area contributed by atoms with Crippen molar-refractivity contribution in [3.05, 3.63) is 56.5 Å². The van der Waals surface area contributed by atoms with Crippen molar-refractivity contribution in [2.24, 2.45) is 0 Å². The van der Waals surface area contributed by atoms with Crippen molar-refractivity contribution < 1.29 is 14.3 Å². The number of rotatable bonds is 4. The number of halogens is 2. The molecule has 6 heteroatoms. The molecule has 0 aliphatic heterocycles. The Kier molecular flexibility index (Phi) is 5.37. The Hall–Kier alpha value is -1.66. The molecule has 0 atom stereocenters. The van der Waals surface area contributed by atoms with E-state index in [4.69, 9.17) is 4.74 Å². The molecule has 0 aliphatic carbocycles. The zero-order chi connectivity index (χ0) is 16.3. The highest BCUT2D eigenvalue weighted by Gasteiger charge is 2.16. The van der Waals surface area contributed by atoms with Gasteiger partial charge in [-0.05, 0) is 59.3 Å². The first kappa shape index (κ1) is 16.7. The number of Topliss-reactive ketones (excluding diaryl/α,β-unsaturated/α-hetero) is 1. The molecule has 0 bridgehead atoms. The van der Waals surface area contributed by atoms with E-state index in [0.29, 0.717) is 27.0 Å². The highest BCUT2D eigenvalue weighted by atomic mass is 79.9. The first-order valence-corrected chi connectivity index (χ1v) is 7.96. The van der Waals surface area contributed by atoms with Gasteiger partial charge < -0.3 is 10.1 Å². The molecule has 1 amide bonds. The van der Waals surface area contributed by atoms with Crippen molar-refractivity contribution in [3.63, 3.8) is 0 Å². The van der Waals surface area contributed by atoms with E-state index in [9.17, 15) is 9.59 Å². The Balaban J connectivity index is 2.27. The van der Waals surface area contributed by atoms with Crippen molar-refractivity contribution in [3.8, 4) is 5.75 Å². The minimum absolute atomic E-state index is 0.0181. The summed E-state index contributed by atoms with van der Waals surface area (Å²) in [6, 6.07) is 10.2. The van der Waals surface area contributed by atoms with Crippen LogP contribution in [0.15, 0.2) is 45.3 Å². The summed E-state index contributed by atoms with van der Waals surface area (Å²) in [6.07, 6.45) is 0. The lowest BCUT2D eigenvalue weighted by atomic mass is 10.1. The number of hydrogen-bond acceptors (Lipinski definition) is 3. The zero-order valence-electron chi connectivity index (χ0n) is 11.9. The van der Waals surface area contributed by atoms with Gasteiger partial charge in [0, 0.05) is 15.7 Å². The third-order valence-electron chi connectivity index (χ3n) is 3.01. The van der Waals surface area contributed by atoms with Gasteiger partial charge in [-0.1, -0.05) is 15.9 Å². The highest BCUT2D eigenvalue weighted by molar-refractivity contribution is 9.11. The predicted octanol–water partition coefficient (Wildman–Crippen LogP) is 4.68. The number of nitrogens with one attached hydrogen (secondary N) is 1. The maximum atomic E-state index is 12.4. The van der Waals surface area contributed by atoms with Crippen LogP contribution in [0.1, 0.15) is 27.6 Å². The van der Waals surface area contributed by atoms with Gasteiger partial charge in [0.15, 0.2) is 5.78 Å². The molecule has 2 aromatic rings. The van der Waals surface area contributed by atoms with Crippen molar-refractivity contribution in [2.75, 3.05) is 12.4 Å². The van der Waals surface area contributed by atoms with Gasteiger partial charge in [-0.25, -0.2) is 0 Å². The topological polar surface area (TPSA) is 55.4 Å². The van der Waals surface area contributed by atoms with E-state index in [1.165, 1.54) is 14.0 Å². The summed E-state index contributed by atoms with van der Waals surface area (Å²) >= 11 is 6.72. The van der Waals surface area contributed by atoms with Crippen molar-refractivity contribution in [2.45, 2.75) is 6.92 Å². The monoisotopic (exact) mass is 425 g/mol. The Morgan fingerprint density at radius 2 is 1.73 bits per heavy atom. The van der Waals surface area contributed by atoms with E-state index in [1.807, 2.05) is 0 Å². The molecule has 4 nitrogen and oxygen atoms in total. The van der Waals surface area contributed by atoms with Crippen LogP contribution in [0.4, 0.5) is 5.69 Å². The molecule has 0 saturated heterocycles. The maximum absolute atomic E-state index is 12.4. The van der Waals surface area contributed by atoms with E-state index >= 15 is 0 Å². The van der Waals surface area contributed by atoms with Gasteiger partial charge in [-0.15, -0.1) is 0 Å². The van der Waals surface area contributed by atoms with Gasteiger partial charge in [0.25, 0.3) is 5.91 Å². The lowest BCUT2D eigenvalue weighted by molar-refractivity contribution is 0.101. The van der Waals surface area contributed by atoms with E-state index in [0.717, 1.165) is 4.47 Å². The predicted molar refractivity (Wildman–Crippen MR) is 92.8 cm³/mol. The number of hydrogen-bond donors (Lipinski definition) is 1. The van der Waals surface area contributed by atoms with Gasteiger partial charge in [0.05, 0.1) is 17.1 Å². The number of ketones is 1. The van der Waals surface area contributed by atoms with Crippen molar-refractivity contribution >= 4 is 49.2 Å². The SMILES string of the molecule is COc1c(Br)cc(Br)cc1C(=O)Nc1ccc(C(C)=O)cc1. The molecule has 0 radical (unpaired) electrons. The number of methoxy groups -OCH3 is 1. The fraction of sp³-hybridized carbons (Fsp3) is 0.125. The third kappa shape index (κ3) is 3.75. The standard InChI is InChI=1S/C16H13Br2NO3/c1-9(20)10-3-5-12(6-4-10)19-16(21)13-7-11(17)8-14(18)15(13)22-2/h3-8H,1-2H3,(H,19,21). The van der Waals surface area contributed by atoms with Crippen LogP contribution in [0.25, 0.3) is 0 Å². The average Bonchev–Trinajstić information content (AvgIpc) is 2.47. The molecule has 2 rings (SSSR count). The summed E-state index contributed by atoms with van der Waals surface area (Å²) in [5.41, 5.74) is 1.60. The minimum Gasteiger partial charge on any atom is -0.495 e. The lowest BCUT2D eigenvalue weighted by Gasteiger charge is -2.12. The molecule has 0 aliphatic rings. The Labute approximate surface area is 145 Å². The first-order chi connectivity index (χ1) is 10.4. The molecule has 0 spiro atoms. The highest BCUT2D eigenvalue weighted by Crippen LogP contribution is 2.33. The second-order valence-electron chi connectivity index (χ2n) is 4.56. The van der Waals surface area contributed by atoms with Crippen molar-refractivity contribution in [1.29, 1.82) is 0 Å². The van der Waals surface area contributed by atoms with Gasteiger partial charge in [0.2, 0.25) is 0 Å². The number of carbonyl (C=O) groups is 2. The molecule has 0 heterocycles. The molecule has 0 fully saturated rings. The second kappa shape index (κ2) is 7.07. The smallest absolute Gasteiger partial charge is 0.259 e. The Morgan fingerprint density at radius 3 is 2.27 bits per heavy atom. The van der Waals surface area contributed by atoms with Crippen LogP contribution < -0.4 is 10.1 Å². The number of amides is 1. The second-order valence-corrected chi connectivity index (χ2v) is 6.33. The molecule has 22 heavy (non-hydrogen) atoms. The van der Waals surface area contributed by atoms with E-state index in [-0.39, 0.29) is 11.7 Å². The summed E-state index contributed by atoms with van der Waals surface area (Å²) < 4.78 is 6.71. The molecule has 2 aromatic carbocycles. The van der Waals surface area contributed by atoms with Crippen LogP contribution in [0, 0.1) is 0 Å². The maximum Gasteiger partial charge on any atom is 0.259 e. The van der Waals surface area contributed by atoms with Gasteiger partial charge >= 0.3 is 0 Å². The van der Waals surface area contributed by atoms with Crippen LogP contribution in [0.5, 0.6) is 5.75 Å². The summed E-state index contributed by atoms with van der Waals surface area (Å²) in [5, 5.41) is 2.78. The minimum atomic E-state index is -0.297. The molecular formula is C16H13Br2NO3. The summed E-state index contributed by atoms with van der Waals surface area (Å²) in [4.78, 5) is 23.7. The number of ether oxygens (including phenoxy) is 1. The zero-order valence-corrected chi connectivity index (χ0v) is 15.1. The van der Waals surface area contributed by atoms with E-state index in [2.05, 4.69) is 37.2 Å². The van der Waals surface area contributed by atoms with E-state index in [1.54, 1.807) is 36.4 Å². The molecule has 0 aromatic heterocycles. The molecule has 1 N–H and O–H groups in total. The van der Waals surface area contributed by atoms with Crippen molar-refractivity contribution in [1.82, 2.24) is 0 Å². The average molecular weight is 427 g/mol. The van der Waals surface area contributed by atoms with Crippen LogP contribution in [-0.4, -0.2) is 18.8 Å². The largest absolute Gasteiger partial charge is 0.495 e. The molecule has 0 unspecified atom stereocenters. The summed E-state index contributed by atoms with van der Waals surface area (Å²) in [7, 11) is 1.51. The van der Waals surface area contributed by atoms with Gasteiger partial charge in [0.1, 0.15) is 5.75 Å². The van der Waals surface area contributed by atoms with Crippen LogP contribution in [-0.2, 0) is 0 Å². The van der Waals surface area contributed by atoms with Crippen LogP contribution >= 0.6 is 31.9 Å². The fourth-order valence-corrected chi connectivity index (χ4v) is 3.31. The molecular weight excluding hydrogens is 414 g/mol.